The van der Waals surface area contributed by atoms with Crippen molar-refractivity contribution in [3.05, 3.63) is 102 Å². The third-order valence-electron chi connectivity index (χ3n) is 5.44. The van der Waals surface area contributed by atoms with Crippen LogP contribution in [0.4, 0.5) is 14.9 Å². The molecule has 0 unspecified atom stereocenters. The fourth-order valence-corrected chi connectivity index (χ4v) is 3.54. The van der Waals surface area contributed by atoms with Crippen LogP contribution in [0.5, 0.6) is 11.5 Å². The quantitative estimate of drug-likeness (QED) is 0.116. The first-order valence-electron chi connectivity index (χ1n) is 11.7. The van der Waals surface area contributed by atoms with Gasteiger partial charge in [0.1, 0.15) is 11.9 Å². The summed E-state index contributed by atoms with van der Waals surface area (Å²) in [6, 6.07) is 18.5. The Hall–Kier alpha value is -4.70. The molecule has 0 bridgehead atoms. The molecule has 198 valence electrons. The van der Waals surface area contributed by atoms with Crippen molar-refractivity contribution in [1.29, 1.82) is 0 Å². The van der Waals surface area contributed by atoms with Crippen LogP contribution in [0.25, 0.3) is 0 Å². The summed E-state index contributed by atoms with van der Waals surface area (Å²) in [5, 5.41) is 20.9. The topological polar surface area (TPSA) is 134 Å². The lowest BCUT2D eigenvalue weighted by Gasteiger charge is -2.28. The zero-order valence-corrected chi connectivity index (χ0v) is 20.5. The Kier molecular flexibility index (Phi) is 9.95. The first-order valence-corrected chi connectivity index (χ1v) is 11.7. The van der Waals surface area contributed by atoms with E-state index in [9.17, 15) is 23.9 Å². The van der Waals surface area contributed by atoms with E-state index in [0.29, 0.717) is 17.0 Å². The molecule has 9 nitrogen and oxygen atoms in total. The second kappa shape index (κ2) is 13.6. The molecule has 0 aliphatic carbocycles. The number of ketones is 1. The number of phenolic OH excluding ortho intramolecular Hbond substituents is 1. The maximum absolute atomic E-state index is 14.3. The number of nitrogens with one attached hydrogen (secondary N) is 2. The number of amides is 2. The summed E-state index contributed by atoms with van der Waals surface area (Å²) in [7, 11) is 0. The minimum Gasteiger partial charge on any atom is -0.505 e. The molecule has 0 saturated heterocycles. The normalized spacial score (nSPS) is 12.4. The Morgan fingerprint density at radius 1 is 1.03 bits per heavy atom. The Labute approximate surface area is 218 Å². The zero-order chi connectivity index (χ0) is 27.5. The lowest BCUT2D eigenvalue weighted by molar-refractivity contribution is -0.124. The van der Waals surface area contributed by atoms with E-state index in [1.807, 2.05) is 0 Å². The van der Waals surface area contributed by atoms with Crippen molar-refractivity contribution in [2.24, 2.45) is 0 Å². The minimum absolute atomic E-state index is 0.125. The summed E-state index contributed by atoms with van der Waals surface area (Å²) in [5.74, 6) is -1.85. The number of hydroxylamine groups is 1. The second-order valence-corrected chi connectivity index (χ2v) is 8.22. The van der Waals surface area contributed by atoms with Crippen LogP contribution in [0.2, 0.25) is 0 Å². The number of benzene rings is 3. The van der Waals surface area contributed by atoms with Crippen LogP contribution in [0.1, 0.15) is 41.8 Å². The van der Waals surface area contributed by atoms with Crippen LogP contribution in [0.3, 0.4) is 0 Å². The number of halogens is 1. The van der Waals surface area contributed by atoms with Gasteiger partial charge in [0.25, 0.3) is 5.91 Å². The van der Waals surface area contributed by atoms with E-state index < -0.39 is 35.8 Å². The first-order chi connectivity index (χ1) is 18.3. The number of anilines is 1. The molecule has 2 atom stereocenters. The van der Waals surface area contributed by atoms with Crippen molar-refractivity contribution in [3.63, 3.8) is 0 Å². The molecule has 3 rings (SSSR count). The van der Waals surface area contributed by atoms with E-state index in [1.54, 1.807) is 54.6 Å². The average molecular weight is 523 g/mol. The molecule has 0 spiro atoms. The third kappa shape index (κ3) is 8.17. The number of phenols is 1. The fourth-order valence-electron chi connectivity index (χ4n) is 3.54. The van der Waals surface area contributed by atoms with E-state index in [0.717, 1.165) is 18.2 Å². The summed E-state index contributed by atoms with van der Waals surface area (Å²) in [6.07, 6.45) is 0.273. The summed E-state index contributed by atoms with van der Waals surface area (Å²) in [5.41, 5.74) is 2.56. The smallest absolute Gasteiger partial charge is 0.412 e. The highest BCUT2D eigenvalue weighted by Gasteiger charge is 2.30. The highest BCUT2D eigenvalue weighted by molar-refractivity contribution is 5.95. The predicted octanol–water partition coefficient (Wildman–Crippen LogP) is 5.31. The van der Waals surface area contributed by atoms with Crippen LogP contribution >= 0.6 is 0 Å². The Balaban J connectivity index is 1.89. The van der Waals surface area contributed by atoms with Gasteiger partial charge in [0.15, 0.2) is 23.5 Å². The SMILES string of the molecule is CC(=O)c1ccc(NC(=O)O[C@@H](c2ccc(O)c(F)c2)[C@H](CC/C=C/C(=O)NO)Oc2ccccc2)cc1. The van der Waals surface area contributed by atoms with Crippen LogP contribution in [-0.2, 0) is 9.53 Å². The van der Waals surface area contributed by atoms with Gasteiger partial charge in [0.05, 0.1) is 0 Å². The number of hydrogen-bond acceptors (Lipinski definition) is 7. The van der Waals surface area contributed by atoms with Gasteiger partial charge >= 0.3 is 6.09 Å². The highest BCUT2D eigenvalue weighted by Crippen LogP contribution is 2.31. The molecular formula is C28H27FN2O7. The van der Waals surface area contributed by atoms with Crippen molar-refractivity contribution in [2.45, 2.75) is 32.0 Å². The molecule has 38 heavy (non-hydrogen) atoms. The number of allylic oxidation sites excluding steroid dienone is 1. The molecule has 0 saturated carbocycles. The molecular weight excluding hydrogens is 495 g/mol. The van der Waals surface area contributed by atoms with Gasteiger partial charge in [-0.15, -0.1) is 0 Å². The van der Waals surface area contributed by atoms with Gasteiger partial charge in [-0.1, -0.05) is 30.3 Å². The van der Waals surface area contributed by atoms with Gasteiger partial charge in [0.2, 0.25) is 0 Å². The number of carbonyl (C=O) groups is 3. The summed E-state index contributed by atoms with van der Waals surface area (Å²) >= 11 is 0. The second-order valence-electron chi connectivity index (χ2n) is 8.22. The van der Waals surface area contributed by atoms with Crippen molar-refractivity contribution in [2.75, 3.05) is 5.32 Å². The summed E-state index contributed by atoms with van der Waals surface area (Å²) < 4.78 is 26.1. The number of carbonyl (C=O) groups excluding carboxylic acids is 3. The molecule has 0 radical (unpaired) electrons. The van der Waals surface area contributed by atoms with E-state index in [-0.39, 0.29) is 24.2 Å². The predicted molar refractivity (Wildman–Crippen MR) is 137 cm³/mol. The van der Waals surface area contributed by atoms with E-state index in [4.69, 9.17) is 14.7 Å². The number of rotatable bonds is 11. The number of Topliss-reactive ketones (excluding diaryl/α,β-unsaturated/α-hetero) is 1. The molecule has 3 aromatic rings. The van der Waals surface area contributed by atoms with Crippen molar-refractivity contribution in [3.8, 4) is 11.5 Å². The van der Waals surface area contributed by atoms with Crippen molar-refractivity contribution in [1.82, 2.24) is 5.48 Å². The molecule has 0 aromatic heterocycles. The highest BCUT2D eigenvalue weighted by atomic mass is 19.1. The van der Waals surface area contributed by atoms with Gasteiger partial charge in [-0.2, -0.15) is 0 Å². The van der Waals surface area contributed by atoms with Crippen LogP contribution in [0, 0.1) is 5.82 Å². The number of para-hydroxylation sites is 1. The van der Waals surface area contributed by atoms with Gasteiger partial charge < -0.3 is 14.6 Å². The molecule has 10 heteroatoms. The molecule has 0 fully saturated rings. The van der Waals surface area contributed by atoms with Gasteiger partial charge in [-0.3, -0.25) is 20.1 Å². The van der Waals surface area contributed by atoms with Crippen LogP contribution in [0.15, 0.2) is 84.9 Å². The van der Waals surface area contributed by atoms with Gasteiger partial charge in [-0.05, 0) is 73.9 Å². The monoisotopic (exact) mass is 522 g/mol. The third-order valence-corrected chi connectivity index (χ3v) is 5.44. The fraction of sp³-hybridized carbons (Fsp3) is 0.179. The Morgan fingerprint density at radius 3 is 2.37 bits per heavy atom. The molecule has 2 amide bonds. The lowest BCUT2D eigenvalue weighted by Crippen LogP contribution is -2.31. The number of aromatic hydroxyl groups is 1. The Bertz CT molecular complexity index is 1280. The first kappa shape index (κ1) is 27.9. The largest absolute Gasteiger partial charge is 0.505 e. The van der Waals surface area contributed by atoms with Crippen LogP contribution in [-0.4, -0.2) is 34.2 Å². The van der Waals surface area contributed by atoms with E-state index >= 15 is 0 Å². The minimum atomic E-state index is -1.14. The van der Waals surface area contributed by atoms with Gasteiger partial charge in [-0.25, -0.2) is 14.7 Å². The maximum atomic E-state index is 14.3. The number of ether oxygens (including phenoxy) is 2. The van der Waals surface area contributed by atoms with Crippen LogP contribution < -0.4 is 15.5 Å². The van der Waals surface area contributed by atoms with E-state index in [2.05, 4.69) is 5.32 Å². The molecule has 4 N–H and O–H groups in total. The summed E-state index contributed by atoms with van der Waals surface area (Å²) in [4.78, 5) is 35.7. The molecule has 0 aliphatic heterocycles. The number of hydrogen-bond donors (Lipinski definition) is 4. The summed E-state index contributed by atoms with van der Waals surface area (Å²) in [6.45, 7) is 1.43. The maximum Gasteiger partial charge on any atom is 0.412 e. The van der Waals surface area contributed by atoms with Crippen molar-refractivity contribution < 1.29 is 38.6 Å². The van der Waals surface area contributed by atoms with Gasteiger partial charge in [0, 0.05) is 17.3 Å². The zero-order valence-electron chi connectivity index (χ0n) is 20.5. The lowest BCUT2D eigenvalue weighted by atomic mass is 9.99. The Morgan fingerprint density at radius 2 is 1.74 bits per heavy atom. The van der Waals surface area contributed by atoms with Crippen molar-refractivity contribution >= 4 is 23.5 Å². The molecule has 3 aromatic carbocycles. The van der Waals surface area contributed by atoms with E-state index in [1.165, 1.54) is 24.5 Å². The molecule has 0 aliphatic rings. The standard InChI is InChI=1S/C28H27FN2O7/c1-18(32)19-11-14-21(15-12-19)30-28(35)38-27(20-13-16-24(33)23(29)17-20)25(9-5-6-10-26(34)31-36)37-22-7-3-2-4-8-22/h2-4,6-8,10-17,25,27,33,36H,5,9H2,1H3,(H,30,35)(H,31,34)/b10-6+/t25-,27-/m0/s1. The average Bonchev–Trinajstić information content (AvgIpc) is 2.91. The molecule has 0 heterocycles.